The normalized spacial score (nSPS) is 12.8. The highest BCUT2D eigenvalue weighted by atomic mass is 35.5. The number of alkyl halides is 1. The molecule has 0 fully saturated rings. The summed E-state index contributed by atoms with van der Waals surface area (Å²) in [5.74, 6) is -9.99. The van der Waals surface area contributed by atoms with Crippen LogP contribution in [0.1, 0.15) is 15.8 Å². The van der Waals surface area contributed by atoms with Gasteiger partial charge in [0.25, 0.3) is 0 Å². The zero-order chi connectivity index (χ0) is 13.4. The van der Waals surface area contributed by atoms with Crippen molar-refractivity contribution in [1.29, 1.82) is 0 Å². The van der Waals surface area contributed by atoms with E-state index in [2.05, 4.69) is 0 Å². The van der Waals surface area contributed by atoms with E-state index < -0.39 is 40.0 Å². The molecule has 1 unspecified atom stereocenters. The summed E-state index contributed by atoms with van der Waals surface area (Å²) in [6.07, 6.45) is 0. The van der Waals surface area contributed by atoms with Gasteiger partial charge in [0.2, 0.25) is 5.82 Å². The molecule has 18 heavy (non-hydrogen) atoms. The van der Waals surface area contributed by atoms with Crippen LogP contribution in [0.2, 0.25) is 0 Å². The Morgan fingerprint density at radius 1 is 0.889 bits per heavy atom. The van der Waals surface area contributed by atoms with Crippen LogP contribution in [0.5, 0.6) is 0 Å². The maximum atomic E-state index is 13.4. The number of benzene rings is 1. The number of halogens is 6. The van der Waals surface area contributed by atoms with Crippen LogP contribution in [0.3, 0.4) is 0 Å². The first kappa shape index (κ1) is 13.3. The predicted octanol–water partition coefficient (Wildman–Crippen LogP) is 4.77. The van der Waals surface area contributed by atoms with E-state index in [4.69, 9.17) is 11.6 Å². The van der Waals surface area contributed by atoms with Crippen LogP contribution in [0, 0.1) is 29.1 Å². The summed E-state index contributed by atoms with van der Waals surface area (Å²) < 4.78 is 65.7. The smallest absolute Gasteiger partial charge is 0.200 e. The number of thiophene rings is 1. The van der Waals surface area contributed by atoms with Crippen molar-refractivity contribution >= 4 is 22.9 Å². The van der Waals surface area contributed by atoms with Crippen LogP contribution in [0.4, 0.5) is 22.0 Å². The minimum atomic E-state index is -2.19. The highest BCUT2D eigenvalue weighted by Crippen LogP contribution is 2.37. The molecule has 1 heterocycles. The van der Waals surface area contributed by atoms with Gasteiger partial charge in [0.05, 0.1) is 10.9 Å². The SMILES string of the molecule is Fc1c(F)c(F)c(C(Cl)c2cccs2)c(F)c1F. The molecule has 2 aromatic rings. The van der Waals surface area contributed by atoms with Gasteiger partial charge in [0.15, 0.2) is 23.3 Å². The minimum Gasteiger partial charge on any atom is -0.203 e. The topological polar surface area (TPSA) is 0 Å². The Balaban J connectivity index is 2.65. The third-order valence-electron chi connectivity index (χ3n) is 2.29. The highest BCUT2D eigenvalue weighted by Gasteiger charge is 2.30. The zero-order valence-corrected chi connectivity index (χ0v) is 10.1. The van der Waals surface area contributed by atoms with E-state index in [1.165, 1.54) is 6.07 Å². The molecule has 1 atom stereocenters. The Kier molecular flexibility index (Phi) is 3.59. The largest absolute Gasteiger partial charge is 0.203 e. The van der Waals surface area contributed by atoms with E-state index in [9.17, 15) is 22.0 Å². The average molecular weight is 299 g/mol. The monoisotopic (exact) mass is 298 g/mol. The number of hydrogen-bond acceptors (Lipinski definition) is 1. The van der Waals surface area contributed by atoms with Crippen LogP contribution < -0.4 is 0 Å². The fraction of sp³-hybridized carbons (Fsp3) is 0.0909. The van der Waals surface area contributed by atoms with Crippen molar-refractivity contribution < 1.29 is 22.0 Å². The van der Waals surface area contributed by atoms with Crippen molar-refractivity contribution in [3.63, 3.8) is 0 Å². The minimum absolute atomic E-state index is 0.292. The van der Waals surface area contributed by atoms with Gasteiger partial charge in [-0.3, -0.25) is 0 Å². The van der Waals surface area contributed by atoms with Crippen molar-refractivity contribution in [3.8, 4) is 0 Å². The number of rotatable bonds is 2. The van der Waals surface area contributed by atoms with E-state index in [0.717, 1.165) is 11.3 Å². The maximum absolute atomic E-state index is 13.4. The second-order valence-corrected chi connectivity index (χ2v) is 4.78. The third-order valence-corrected chi connectivity index (χ3v) is 3.81. The summed E-state index contributed by atoms with van der Waals surface area (Å²) in [7, 11) is 0. The standard InChI is InChI=1S/C11H4ClF5S/c12-6(4-2-1-3-18-4)5-7(13)9(15)11(17)10(16)8(5)14/h1-3,6H. The van der Waals surface area contributed by atoms with E-state index in [1.54, 1.807) is 11.4 Å². The first-order chi connectivity index (χ1) is 8.45. The molecule has 96 valence electrons. The molecule has 2 rings (SSSR count). The molecule has 0 nitrogen and oxygen atoms in total. The van der Waals surface area contributed by atoms with Crippen molar-refractivity contribution in [1.82, 2.24) is 0 Å². The van der Waals surface area contributed by atoms with Gasteiger partial charge in [-0.2, -0.15) is 0 Å². The molecule has 0 N–H and O–H groups in total. The summed E-state index contributed by atoms with van der Waals surface area (Å²) in [6, 6.07) is 3.00. The molecule has 7 heteroatoms. The average Bonchev–Trinajstić information content (AvgIpc) is 2.88. The first-order valence-corrected chi connectivity index (χ1v) is 5.95. The molecule has 0 amide bonds. The van der Waals surface area contributed by atoms with Crippen molar-refractivity contribution in [2.45, 2.75) is 5.38 Å². The molecule has 0 bridgehead atoms. The Labute approximate surface area is 108 Å². The van der Waals surface area contributed by atoms with Crippen LogP contribution in [-0.2, 0) is 0 Å². The molecule has 0 aliphatic carbocycles. The second kappa shape index (κ2) is 4.85. The third kappa shape index (κ3) is 1.99. The van der Waals surface area contributed by atoms with Crippen molar-refractivity contribution in [3.05, 3.63) is 57.0 Å². The summed E-state index contributed by atoms with van der Waals surface area (Å²) in [5, 5.41) is 0.158. The van der Waals surface area contributed by atoms with Gasteiger partial charge in [-0.15, -0.1) is 22.9 Å². The molecule has 0 saturated heterocycles. The van der Waals surface area contributed by atoms with E-state index >= 15 is 0 Å². The van der Waals surface area contributed by atoms with Crippen LogP contribution in [0.15, 0.2) is 17.5 Å². The molecule has 0 radical (unpaired) electrons. The van der Waals surface area contributed by atoms with Gasteiger partial charge in [0, 0.05) is 4.88 Å². The zero-order valence-electron chi connectivity index (χ0n) is 8.49. The van der Waals surface area contributed by atoms with Gasteiger partial charge in [-0.05, 0) is 11.4 Å². The predicted molar refractivity (Wildman–Crippen MR) is 58.2 cm³/mol. The molecule has 0 spiro atoms. The lowest BCUT2D eigenvalue weighted by Crippen LogP contribution is -2.09. The number of hydrogen-bond donors (Lipinski definition) is 0. The molecular formula is C11H4ClF5S. The molecule has 0 aliphatic rings. The first-order valence-electron chi connectivity index (χ1n) is 4.64. The lowest BCUT2D eigenvalue weighted by Gasteiger charge is -2.12. The molecule has 0 saturated carbocycles. The van der Waals surface area contributed by atoms with Gasteiger partial charge >= 0.3 is 0 Å². The van der Waals surface area contributed by atoms with E-state index in [0.29, 0.717) is 4.88 Å². The lowest BCUT2D eigenvalue weighted by atomic mass is 10.1. The lowest BCUT2D eigenvalue weighted by molar-refractivity contribution is 0.371. The Bertz CT molecular complexity index is 553. The van der Waals surface area contributed by atoms with Crippen molar-refractivity contribution in [2.24, 2.45) is 0 Å². The van der Waals surface area contributed by atoms with Gasteiger partial charge in [-0.1, -0.05) is 6.07 Å². The van der Waals surface area contributed by atoms with Crippen LogP contribution in [0.25, 0.3) is 0 Å². The molecule has 0 aliphatic heterocycles. The second-order valence-electron chi connectivity index (χ2n) is 3.36. The summed E-state index contributed by atoms with van der Waals surface area (Å²) in [6.45, 7) is 0. The fourth-order valence-corrected chi connectivity index (χ4v) is 2.55. The van der Waals surface area contributed by atoms with Crippen LogP contribution in [-0.4, -0.2) is 0 Å². The highest BCUT2D eigenvalue weighted by molar-refractivity contribution is 7.10. The molecule has 1 aromatic heterocycles. The Hall–Kier alpha value is -1.14. The van der Waals surface area contributed by atoms with Crippen LogP contribution >= 0.6 is 22.9 Å². The van der Waals surface area contributed by atoms with Gasteiger partial charge < -0.3 is 0 Å². The Morgan fingerprint density at radius 3 is 1.83 bits per heavy atom. The summed E-state index contributed by atoms with van der Waals surface area (Å²) >= 11 is 6.81. The maximum Gasteiger partial charge on any atom is 0.200 e. The van der Waals surface area contributed by atoms with Crippen molar-refractivity contribution in [2.75, 3.05) is 0 Å². The van der Waals surface area contributed by atoms with Gasteiger partial charge in [0.1, 0.15) is 0 Å². The summed E-state index contributed by atoms with van der Waals surface area (Å²) in [4.78, 5) is 0.292. The van der Waals surface area contributed by atoms with E-state index in [1.807, 2.05) is 0 Å². The molecular weight excluding hydrogens is 295 g/mol. The quantitative estimate of drug-likeness (QED) is 0.324. The Morgan fingerprint density at radius 2 is 1.39 bits per heavy atom. The summed E-state index contributed by atoms with van der Waals surface area (Å²) in [5.41, 5.74) is -1.03. The fourth-order valence-electron chi connectivity index (χ4n) is 1.42. The van der Waals surface area contributed by atoms with E-state index in [-0.39, 0.29) is 0 Å². The van der Waals surface area contributed by atoms with Gasteiger partial charge in [-0.25, -0.2) is 22.0 Å². The molecule has 1 aromatic carbocycles.